The van der Waals surface area contributed by atoms with Gasteiger partial charge in [-0.15, -0.1) is 0 Å². The molecule has 0 spiro atoms. The number of aliphatic carboxylic acids is 1. The number of nitrogens with two attached hydrogens (primary N) is 1. The molecule has 22 heavy (non-hydrogen) atoms. The second-order valence-electron chi connectivity index (χ2n) is 5.54. The van der Waals surface area contributed by atoms with E-state index >= 15 is 0 Å². The Bertz CT molecular complexity index is 612. The molecule has 0 radical (unpaired) electrons. The van der Waals surface area contributed by atoms with E-state index in [1.807, 2.05) is 0 Å². The van der Waals surface area contributed by atoms with Crippen LogP contribution in [-0.2, 0) is 9.59 Å². The number of aryl methyl sites for hydroxylation is 1. The maximum absolute atomic E-state index is 12.0. The summed E-state index contributed by atoms with van der Waals surface area (Å²) in [5, 5.41) is 13.8. The van der Waals surface area contributed by atoms with Crippen LogP contribution in [0.3, 0.4) is 0 Å². The van der Waals surface area contributed by atoms with Crippen LogP contribution in [0.1, 0.15) is 41.6 Å². The molecular weight excluding hydrogens is 295 g/mol. The van der Waals surface area contributed by atoms with Gasteiger partial charge in [-0.05, 0) is 43.5 Å². The fourth-order valence-corrected chi connectivity index (χ4v) is 2.59. The predicted molar refractivity (Wildman–Crippen MR) is 74.2 cm³/mol. The summed E-state index contributed by atoms with van der Waals surface area (Å²) in [5.41, 5.74) is 5.74. The van der Waals surface area contributed by atoms with Crippen LogP contribution in [0.2, 0.25) is 0 Å². The molecule has 6 nitrogen and oxygen atoms in total. The summed E-state index contributed by atoms with van der Waals surface area (Å²) in [4.78, 5) is 34.2. The number of hydrogen-bond donors (Lipinski definition) is 2. The Morgan fingerprint density at radius 2 is 1.95 bits per heavy atom. The first kappa shape index (κ1) is 18.7. The van der Waals surface area contributed by atoms with Crippen LogP contribution in [0.4, 0.5) is 5.69 Å². The maximum Gasteiger partial charge on any atom is 1.00 e. The number of anilines is 1. The van der Waals surface area contributed by atoms with E-state index in [0.29, 0.717) is 29.7 Å². The minimum absolute atomic E-state index is 0. The first-order valence-corrected chi connectivity index (χ1v) is 6.76. The number of carbonyl (C=O) groups excluding carboxylic acids is 3. The quantitative estimate of drug-likeness (QED) is 0.578. The standard InChI is InChI=1S/C15H18N2O4.Na/c1-9-7-10(3-4-11(9)13(16)19)17-12(18)8-15(14(20)21)5-2-6-15;/h3-4,7H,2,5-6,8H2,1H3,(H2,16,19)(H,17,18)(H,20,21);/q;+1/p-1. The Balaban J connectivity index is 0.00000242. The molecule has 1 aliphatic rings. The monoisotopic (exact) mass is 312 g/mol. The molecule has 2 amide bonds. The van der Waals surface area contributed by atoms with Crippen LogP contribution in [-0.4, -0.2) is 17.8 Å². The van der Waals surface area contributed by atoms with Crippen LogP contribution < -0.4 is 45.7 Å². The van der Waals surface area contributed by atoms with Gasteiger partial charge in [-0.25, -0.2) is 0 Å². The SMILES string of the molecule is Cc1cc(NC(=O)CC2(C(=O)[O-])CCC2)ccc1C(N)=O.[Na+]. The minimum Gasteiger partial charge on any atom is -0.550 e. The van der Waals surface area contributed by atoms with Gasteiger partial charge in [0.25, 0.3) is 0 Å². The van der Waals surface area contributed by atoms with Gasteiger partial charge in [0.2, 0.25) is 11.8 Å². The molecule has 1 aromatic rings. The minimum atomic E-state index is -1.16. The Kier molecular flexibility index (Phi) is 6.17. The third kappa shape index (κ3) is 3.88. The van der Waals surface area contributed by atoms with Crippen molar-refractivity contribution in [2.75, 3.05) is 5.32 Å². The van der Waals surface area contributed by atoms with Crippen molar-refractivity contribution in [2.45, 2.75) is 32.6 Å². The van der Waals surface area contributed by atoms with E-state index in [1.165, 1.54) is 6.07 Å². The van der Waals surface area contributed by atoms with Gasteiger partial charge in [0.1, 0.15) is 0 Å². The largest absolute Gasteiger partial charge is 1.00 e. The second kappa shape index (κ2) is 7.26. The second-order valence-corrected chi connectivity index (χ2v) is 5.54. The molecule has 0 heterocycles. The zero-order valence-corrected chi connectivity index (χ0v) is 14.8. The Morgan fingerprint density at radius 3 is 2.36 bits per heavy atom. The number of amides is 2. The first-order chi connectivity index (χ1) is 9.84. The average molecular weight is 312 g/mol. The number of benzene rings is 1. The Morgan fingerprint density at radius 1 is 1.32 bits per heavy atom. The van der Waals surface area contributed by atoms with E-state index in [1.54, 1.807) is 19.1 Å². The van der Waals surface area contributed by atoms with Crippen molar-refractivity contribution in [2.24, 2.45) is 11.1 Å². The molecule has 1 aliphatic carbocycles. The van der Waals surface area contributed by atoms with E-state index in [0.717, 1.165) is 6.42 Å². The summed E-state index contributed by atoms with van der Waals surface area (Å²) in [6.07, 6.45) is 1.66. The average Bonchev–Trinajstić information content (AvgIpc) is 2.32. The van der Waals surface area contributed by atoms with E-state index in [4.69, 9.17) is 5.73 Å². The van der Waals surface area contributed by atoms with Gasteiger partial charge in [0, 0.05) is 29.1 Å². The van der Waals surface area contributed by atoms with Crippen molar-refractivity contribution in [1.82, 2.24) is 0 Å². The molecule has 0 aromatic heterocycles. The van der Waals surface area contributed by atoms with Gasteiger partial charge in [0.15, 0.2) is 0 Å². The fraction of sp³-hybridized carbons (Fsp3) is 0.400. The number of carbonyl (C=O) groups is 3. The van der Waals surface area contributed by atoms with Gasteiger partial charge >= 0.3 is 29.6 Å². The van der Waals surface area contributed by atoms with Crippen LogP contribution in [0.25, 0.3) is 0 Å². The summed E-state index contributed by atoms with van der Waals surface area (Å²) >= 11 is 0. The molecular formula is C15H17N2NaO4. The van der Waals surface area contributed by atoms with Gasteiger partial charge in [-0.2, -0.15) is 0 Å². The van der Waals surface area contributed by atoms with E-state index in [-0.39, 0.29) is 41.9 Å². The number of nitrogens with one attached hydrogen (secondary N) is 1. The van der Waals surface area contributed by atoms with Gasteiger partial charge in [-0.1, -0.05) is 6.42 Å². The molecule has 0 aliphatic heterocycles. The topological polar surface area (TPSA) is 112 Å². The molecule has 0 saturated heterocycles. The number of carboxylic acids is 1. The van der Waals surface area contributed by atoms with Crippen LogP contribution in [0.5, 0.6) is 0 Å². The molecule has 0 unspecified atom stereocenters. The zero-order chi connectivity index (χ0) is 15.6. The summed E-state index contributed by atoms with van der Waals surface area (Å²) in [6, 6.07) is 4.73. The summed E-state index contributed by atoms with van der Waals surface area (Å²) in [6.45, 7) is 1.71. The normalized spacial score (nSPS) is 15.1. The fourth-order valence-electron chi connectivity index (χ4n) is 2.59. The third-order valence-electron chi connectivity index (χ3n) is 4.02. The van der Waals surface area contributed by atoms with Crippen LogP contribution in [0, 0.1) is 12.3 Å². The van der Waals surface area contributed by atoms with E-state index in [9.17, 15) is 19.5 Å². The van der Waals surface area contributed by atoms with Crippen molar-refractivity contribution >= 4 is 23.5 Å². The van der Waals surface area contributed by atoms with Crippen molar-refractivity contribution in [3.05, 3.63) is 29.3 Å². The molecule has 1 saturated carbocycles. The molecule has 112 valence electrons. The molecule has 1 aromatic carbocycles. The third-order valence-corrected chi connectivity index (χ3v) is 4.02. The number of hydrogen-bond acceptors (Lipinski definition) is 4. The van der Waals surface area contributed by atoms with Crippen molar-refractivity contribution in [1.29, 1.82) is 0 Å². The smallest absolute Gasteiger partial charge is 0.550 e. The summed E-state index contributed by atoms with van der Waals surface area (Å²) in [5.74, 6) is -2.06. The molecule has 1 fully saturated rings. The number of rotatable bonds is 5. The van der Waals surface area contributed by atoms with E-state index in [2.05, 4.69) is 5.32 Å². The summed E-state index contributed by atoms with van der Waals surface area (Å²) < 4.78 is 0. The van der Waals surface area contributed by atoms with Crippen LogP contribution in [0.15, 0.2) is 18.2 Å². The molecule has 7 heteroatoms. The Labute approximate surface area is 150 Å². The number of carboxylic acid groups (broad SMARTS) is 1. The van der Waals surface area contributed by atoms with Gasteiger partial charge in [0.05, 0.1) is 0 Å². The molecule has 3 N–H and O–H groups in total. The first-order valence-electron chi connectivity index (χ1n) is 6.76. The maximum atomic E-state index is 12.0. The van der Waals surface area contributed by atoms with E-state index < -0.39 is 17.3 Å². The molecule has 0 bridgehead atoms. The van der Waals surface area contributed by atoms with Crippen LogP contribution >= 0.6 is 0 Å². The van der Waals surface area contributed by atoms with Crippen molar-refractivity contribution in [3.63, 3.8) is 0 Å². The predicted octanol–water partition coefficient (Wildman–Crippen LogP) is -2.65. The molecule has 0 atom stereocenters. The zero-order valence-electron chi connectivity index (χ0n) is 12.8. The van der Waals surface area contributed by atoms with Gasteiger partial charge in [-0.3, -0.25) is 9.59 Å². The van der Waals surface area contributed by atoms with Crippen molar-refractivity contribution < 1.29 is 49.0 Å². The molecule has 2 rings (SSSR count). The van der Waals surface area contributed by atoms with Gasteiger partial charge < -0.3 is 21.0 Å². The Hall–Kier alpha value is -1.37. The van der Waals surface area contributed by atoms with Crippen molar-refractivity contribution in [3.8, 4) is 0 Å². The summed E-state index contributed by atoms with van der Waals surface area (Å²) in [7, 11) is 0. The number of primary amides is 1.